The molecule has 1 aromatic carbocycles. The van der Waals surface area contributed by atoms with E-state index >= 15 is 0 Å². The Morgan fingerprint density at radius 3 is 2.92 bits per heavy atom. The summed E-state index contributed by atoms with van der Waals surface area (Å²) in [4.78, 5) is 17.5. The first kappa shape index (κ1) is 16.0. The molecule has 8 nitrogen and oxygen atoms in total. The van der Waals surface area contributed by atoms with Crippen LogP contribution in [0.1, 0.15) is 20.8 Å². The van der Waals surface area contributed by atoms with Crippen molar-refractivity contribution in [3.05, 3.63) is 40.3 Å². The van der Waals surface area contributed by atoms with Gasteiger partial charge in [0.2, 0.25) is 6.79 Å². The van der Waals surface area contributed by atoms with E-state index in [-0.39, 0.29) is 29.8 Å². The molecule has 0 radical (unpaired) electrons. The van der Waals surface area contributed by atoms with E-state index in [4.69, 9.17) is 26.2 Å². The lowest BCUT2D eigenvalue weighted by molar-refractivity contribution is 0.0955. The van der Waals surface area contributed by atoms with Gasteiger partial charge in [-0.1, -0.05) is 6.07 Å². The van der Waals surface area contributed by atoms with Crippen molar-refractivity contribution in [2.24, 2.45) is 0 Å². The number of carbonyl (C=O) groups excluding carboxylic acids is 1. The lowest BCUT2D eigenvalue weighted by Crippen LogP contribution is -2.22. The minimum atomic E-state index is -0.319. The normalized spacial score (nSPS) is 12.1. The van der Waals surface area contributed by atoms with Gasteiger partial charge in [-0.2, -0.15) is 5.26 Å². The number of nitrogens with zero attached hydrogens (tertiary/aromatic N) is 2. The number of nitriles is 1. The second kappa shape index (κ2) is 6.09. The molecule has 9 heteroatoms. The first-order chi connectivity index (χ1) is 12.6. The Kier molecular flexibility index (Phi) is 3.74. The Morgan fingerprint density at radius 1 is 1.31 bits per heavy atom. The molecule has 26 heavy (non-hydrogen) atoms. The summed E-state index contributed by atoms with van der Waals surface area (Å²) in [6.07, 6.45) is 0. The van der Waals surface area contributed by atoms with E-state index in [1.807, 2.05) is 18.2 Å². The quantitative estimate of drug-likeness (QED) is 0.644. The average molecular weight is 367 g/mol. The van der Waals surface area contributed by atoms with Gasteiger partial charge in [0.25, 0.3) is 5.91 Å². The largest absolute Gasteiger partial charge is 0.454 e. The Hall–Kier alpha value is -3.51. The fourth-order valence-electron chi connectivity index (χ4n) is 2.63. The highest BCUT2D eigenvalue weighted by atomic mass is 32.1. The zero-order valence-corrected chi connectivity index (χ0v) is 14.2. The van der Waals surface area contributed by atoms with Crippen molar-refractivity contribution in [1.82, 2.24) is 10.3 Å². The molecule has 2 aromatic heterocycles. The monoisotopic (exact) mass is 367 g/mol. The molecule has 1 aliphatic heterocycles. The second-order valence-corrected chi connectivity index (χ2v) is 6.60. The van der Waals surface area contributed by atoms with E-state index in [0.717, 1.165) is 16.9 Å². The number of nitrogens with two attached hydrogens (primary N) is 2. The molecule has 3 heterocycles. The molecule has 0 fully saturated rings. The maximum absolute atomic E-state index is 12.5. The van der Waals surface area contributed by atoms with Crippen LogP contribution in [0, 0.1) is 11.3 Å². The highest BCUT2D eigenvalue weighted by molar-refractivity contribution is 7.21. The molecule has 5 N–H and O–H groups in total. The van der Waals surface area contributed by atoms with Crippen LogP contribution >= 0.6 is 11.3 Å². The van der Waals surface area contributed by atoms with Gasteiger partial charge in [-0.3, -0.25) is 4.79 Å². The molecular formula is C17H13N5O3S. The Bertz CT molecular complexity index is 1090. The lowest BCUT2D eigenvalue weighted by Gasteiger charge is -2.05. The van der Waals surface area contributed by atoms with Gasteiger partial charge in [-0.15, -0.1) is 11.3 Å². The minimum Gasteiger partial charge on any atom is -0.454 e. The molecule has 0 unspecified atom stereocenters. The lowest BCUT2D eigenvalue weighted by atomic mass is 10.2. The van der Waals surface area contributed by atoms with Crippen molar-refractivity contribution in [2.45, 2.75) is 6.54 Å². The summed E-state index contributed by atoms with van der Waals surface area (Å²) in [5, 5.41) is 12.4. The molecule has 0 bridgehead atoms. The number of fused-ring (bicyclic) bond motifs is 2. The van der Waals surface area contributed by atoms with Gasteiger partial charge >= 0.3 is 0 Å². The SMILES string of the molecule is N#Cc1cc2c(N)c(C(=O)NCc3ccc4c(c3)OCO4)sc2nc1N. The zero-order valence-electron chi connectivity index (χ0n) is 13.4. The second-order valence-electron chi connectivity index (χ2n) is 5.60. The number of amides is 1. The van der Waals surface area contributed by atoms with Crippen molar-refractivity contribution in [2.75, 3.05) is 18.3 Å². The topological polar surface area (TPSA) is 136 Å². The van der Waals surface area contributed by atoms with E-state index in [0.29, 0.717) is 33.1 Å². The molecule has 0 aliphatic carbocycles. The highest BCUT2D eigenvalue weighted by Gasteiger charge is 2.19. The number of carbonyl (C=O) groups is 1. The van der Waals surface area contributed by atoms with E-state index in [9.17, 15) is 4.79 Å². The van der Waals surface area contributed by atoms with Crippen molar-refractivity contribution < 1.29 is 14.3 Å². The fraction of sp³-hybridized carbons (Fsp3) is 0.118. The first-order valence-corrected chi connectivity index (χ1v) is 8.44. The zero-order chi connectivity index (χ0) is 18.3. The third kappa shape index (κ3) is 2.62. The molecule has 0 saturated heterocycles. The molecule has 0 atom stereocenters. The van der Waals surface area contributed by atoms with Gasteiger partial charge < -0.3 is 26.3 Å². The van der Waals surface area contributed by atoms with Crippen LogP contribution in [0.2, 0.25) is 0 Å². The van der Waals surface area contributed by atoms with Crippen LogP contribution in [0.5, 0.6) is 11.5 Å². The molecule has 0 spiro atoms. The van der Waals surface area contributed by atoms with Crippen molar-refractivity contribution >= 4 is 39.0 Å². The van der Waals surface area contributed by atoms with Crippen LogP contribution in [0.25, 0.3) is 10.2 Å². The molecular weight excluding hydrogens is 354 g/mol. The summed E-state index contributed by atoms with van der Waals surface area (Å²) in [5.41, 5.74) is 13.2. The first-order valence-electron chi connectivity index (χ1n) is 7.62. The molecule has 3 aromatic rings. The van der Waals surface area contributed by atoms with E-state index in [1.165, 1.54) is 0 Å². The van der Waals surface area contributed by atoms with E-state index in [2.05, 4.69) is 10.3 Å². The standard InChI is InChI=1S/C17H13N5O3S/c18-5-9-4-10-13(19)14(26-17(10)22-15(9)20)16(23)21-6-8-1-2-11-12(3-8)25-7-24-11/h1-4H,6-7,19H2,(H2,20,22)(H,21,23). The number of benzene rings is 1. The van der Waals surface area contributed by atoms with Gasteiger partial charge in [-0.25, -0.2) is 4.98 Å². The summed E-state index contributed by atoms with van der Waals surface area (Å²) in [6.45, 7) is 0.506. The number of ether oxygens (including phenoxy) is 2. The van der Waals surface area contributed by atoms with Gasteiger partial charge in [0.1, 0.15) is 21.6 Å². The minimum absolute atomic E-state index is 0.119. The van der Waals surface area contributed by atoms with Crippen molar-refractivity contribution in [1.29, 1.82) is 5.26 Å². The van der Waals surface area contributed by atoms with Gasteiger partial charge in [-0.05, 0) is 23.8 Å². The molecule has 4 rings (SSSR count). The van der Waals surface area contributed by atoms with Crippen LogP contribution in [-0.2, 0) is 6.54 Å². The maximum Gasteiger partial charge on any atom is 0.263 e. The number of hydrogen-bond acceptors (Lipinski definition) is 8. The number of nitrogens with one attached hydrogen (secondary N) is 1. The summed E-state index contributed by atoms with van der Waals surface area (Å²) < 4.78 is 10.6. The third-order valence-electron chi connectivity index (χ3n) is 3.97. The predicted octanol–water partition coefficient (Wildman–Crippen LogP) is 1.99. The Balaban J connectivity index is 1.56. The van der Waals surface area contributed by atoms with Gasteiger partial charge in [0, 0.05) is 11.9 Å². The number of aromatic nitrogens is 1. The number of rotatable bonds is 3. The highest BCUT2D eigenvalue weighted by Crippen LogP contribution is 2.35. The van der Waals surface area contributed by atoms with Crippen LogP contribution < -0.4 is 26.3 Å². The molecule has 1 aliphatic rings. The average Bonchev–Trinajstić information content (AvgIpc) is 3.23. The van der Waals surface area contributed by atoms with Crippen molar-refractivity contribution in [3.8, 4) is 17.6 Å². The number of thiophene rings is 1. The van der Waals surface area contributed by atoms with Gasteiger partial charge in [0.15, 0.2) is 11.5 Å². The number of hydrogen-bond donors (Lipinski definition) is 3. The van der Waals surface area contributed by atoms with Crippen LogP contribution in [0.3, 0.4) is 0 Å². The third-order valence-corrected chi connectivity index (χ3v) is 5.08. The van der Waals surface area contributed by atoms with Crippen LogP contribution in [-0.4, -0.2) is 17.7 Å². The van der Waals surface area contributed by atoms with E-state index in [1.54, 1.807) is 12.1 Å². The Morgan fingerprint density at radius 2 is 2.12 bits per heavy atom. The van der Waals surface area contributed by atoms with Gasteiger partial charge in [0.05, 0.1) is 11.3 Å². The van der Waals surface area contributed by atoms with E-state index < -0.39 is 0 Å². The van der Waals surface area contributed by atoms with Crippen LogP contribution in [0.15, 0.2) is 24.3 Å². The summed E-state index contributed by atoms with van der Waals surface area (Å²) in [7, 11) is 0. The summed E-state index contributed by atoms with van der Waals surface area (Å²) >= 11 is 1.14. The number of anilines is 2. The maximum atomic E-state index is 12.5. The summed E-state index contributed by atoms with van der Waals surface area (Å²) in [6, 6.07) is 8.98. The number of pyridine rings is 1. The smallest absolute Gasteiger partial charge is 0.263 e. The molecule has 0 saturated carbocycles. The molecule has 1 amide bonds. The fourth-order valence-corrected chi connectivity index (χ4v) is 3.63. The summed E-state index contributed by atoms with van der Waals surface area (Å²) in [5.74, 6) is 1.14. The number of nitrogen functional groups attached to an aromatic ring is 2. The van der Waals surface area contributed by atoms with Crippen LogP contribution in [0.4, 0.5) is 11.5 Å². The predicted molar refractivity (Wildman–Crippen MR) is 96.9 cm³/mol. The van der Waals surface area contributed by atoms with Crippen molar-refractivity contribution in [3.63, 3.8) is 0 Å². The molecule has 130 valence electrons. The Labute approximate surface area is 151 Å².